The van der Waals surface area contributed by atoms with Crippen LogP contribution in [0.2, 0.25) is 5.02 Å². The van der Waals surface area contributed by atoms with E-state index in [1.165, 1.54) is 13.2 Å². The molecule has 0 radical (unpaired) electrons. The first kappa shape index (κ1) is 19.3. The molecule has 0 bridgehead atoms. The third-order valence-corrected chi connectivity index (χ3v) is 5.29. The van der Waals surface area contributed by atoms with Gasteiger partial charge in [-0.2, -0.15) is 0 Å². The fraction of sp³-hybridized carbons (Fsp3) is 0.400. The highest BCUT2D eigenvalue weighted by Crippen LogP contribution is 2.48. The molecule has 3 rings (SSSR count). The molecule has 7 heteroatoms. The number of hydrogen-bond donors (Lipinski definition) is 2. The number of ether oxygens (including phenoxy) is 2. The lowest BCUT2D eigenvalue weighted by Gasteiger charge is -2.38. The average molecular weight is 392 g/mol. The van der Waals surface area contributed by atoms with E-state index in [-0.39, 0.29) is 28.9 Å². The van der Waals surface area contributed by atoms with Crippen LogP contribution in [0.1, 0.15) is 37.7 Å². The Bertz CT molecular complexity index is 845. The minimum absolute atomic E-state index is 0.0290. The van der Waals surface area contributed by atoms with Crippen molar-refractivity contribution in [3.05, 3.63) is 46.3 Å². The fourth-order valence-electron chi connectivity index (χ4n) is 3.80. The molecule has 144 valence electrons. The second-order valence-electron chi connectivity index (χ2n) is 6.57. The summed E-state index contributed by atoms with van der Waals surface area (Å²) in [6.45, 7) is 5.93. The number of hydrogen-bond acceptors (Lipinski definition) is 6. The SMILES string of the molecule is C=C1NC2=C(C(=O)CCC2)C(c2cc(OC)c(O)cc2Cl)C1C(=O)OCC. The van der Waals surface area contributed by atoms with E-state index >= 15 is 0 Å². The number of halogens is 1. The zero-order valence-corrected chi connectivity index (χ0v) is 16.1. The summed E-state index contributed by atoms with van der Waals surface area (Å²) >= 11 is 6.41. The van der Waals surface area contributed by atoms with Gasteiger partial charge >= 0.3 is 5.97 Å². The van der Waals surface area contributed by atoms with Gasteiger partial charge in [0.25, 0.3) is 0 Å². The highest BCUT2D eigenvalue weighted by atomic mass is 35.5. The van der Waals surface area contributed by atoms with Crippen molar-refractivity contribution in [2.75, 3.05) is 13.7 Å². The number of Topliss-reactive ketones (excluding diaryl/α,β-unsaturated/α-hetero) is 1. The van der Waals surface area contributed by atoms with E-state index in [4.69, 9.17) is 21.1 Å². The van der Waals surface area contributed by atoms with Gasteiger partial charge in [-0.05, 0) is 31.4 Å². The van der Waals surface area contributed by atoms with Crippen molar-refractivity contribution < 1.29 is 24.2 Å². The van der Waals surface area contributed by atoms with Gasteiger partial charge in [0.2, 0.25) is 0 Å². The monoisotopic (exact) mass is 391 g/mol. The summed E-state index contributed by atoms with van der Waals surface area (Å²) in [6, 6.07) is 2.93. The third kappa shape index (κ3) is 3.41. The Kier molecular flexibility index (Phi) is 5.46. The lowest BCUT2D eigenvalue weighted by atomic mass is 9.71. The Hall–Kier alpha value is -2.47. The van der Waals surface area contributed by atoms with Crippen LogP contribution in [0.4, 0.5) is 0 Å². The lowest BCUT2D eigenvalue weighted by molar-refractivity contribution is -0.147. The molecule has 1 aromatic rings. The van der Waals surface area contributed by atoms with Crippen LogP contribution in [-0.2, 0) is 14.3 Å². The van der Waals surface area contributed by atoms with Gasteiger partial charge in [-0.15, -0.1) is 0 Å². The number of phenolic OH excluding ortho intramolecular Hbond substituents is 1. The highest BCUT2D eigenvalue weighted by molar-refractivity contribution is 6.31. The largest absolute Gasteiger partial charge is 0.504 e. The molecular formula is C20H22ClNO5. The first-order valence-electron chi connectivity index (χ1n) is 8.84. The second-order valence-corrected chi connectivity index (χ2v) is 6.98. The summed E-state index contributed by atoms with van der Waals surface area (Å²) in [5.41, 5.74) is 2.29. The molecule has 0 saturated heterocycles. The Morgan fingerprint density at radius 2 is 2.15 bits per heavy atom. The van der Waals surface area contributed by atoms with Crippen molar-refractivity contribution in [1.29, 1.82) is 0 Å². The molecule has 1 heterocycles. The number of rotatable bonds is 4. The van der Waals surface area contributed by atoms with Crippen LogP contribution in [0.3, 0.4) is 0 Å². The number of esters is 1. The first-order chi connectivity index (χ1) is 12.9. The molecule has 2 atom stereocenters. The molecule has 27 heavy (non-hydrogen) atoms. The van der Waals surface area contributed by atoms with Gasteiger partial charge in [0.15, 0.2) is 17.3 Å². The number of benzene rings is 1. The Morgan fingerprint density at radius 1 is 1.41 bits per heavy atom. The molecule has 2 aliphatic rings. The van der Waals surface area contributed by atoms with Crippen molar-refractivity contribution in [3.8, 4) is 11.5 Å². The van der Waals surface area contributed by atoms with Crippen LogP contribution >= 0.6 is 11.6 Å². The van der Waals surface area contributed by atoms with E-state index in [0.29, 0.717) is 29.7 Å². The Labute approximate surface area is 162 Å². The number of nitrogens with one attached hydrogen (secondary N) is 1. The van der Waals surface area contributed by atoms with E-state index in [9.17, 15) is 14.7 Å². The van der Waals surface area contributed by atoms with Gasteiger partial charge in [-0.3, -0.25) is 9.59 Å². The van der Waals surface area contributed by atoms with E-state index in [2.05, 4.69) is 11.9 Å². The van der Waals surface area contributed by atoms with Crippen LogP contribution in [0, 0.1) is 5.92 Å². The molecule has 0 aromatic heterocycles. The predicted molar refractivity (Wildman–Crippen MR) is 101 cm³/mol. The normalized spacial score (nSPS) is 22.2. The van der Waals surface area contributed by atoms with Gasteiger partial charge in [-0.25, -0.2) is 0 Å². The summed E-state index contributed by atoms with van der Waals surface area (Å²) in [5.74, 6) is -1.87. The maximum atomic E-state index is 12.8. The lowest BCUT2D eigenvalue weighted by Crippen LogP contribution is -2.41. The average Bonchev–Trinajstić information content (AvgIpc) is 2.61. The number of phenols is 1. The van der Waals surface area contributed by atoms with Gasteiger partial charge < -0.3 is 19.9 Å². The Balaban J connectivity index is 2.23. The number of allylic oxidation sites excluding steroid dienone is 2. The maximum Gasteiger partial charge on any atom is 0.315 e. The first-order valence-corrected chi connectivity index (χ1v) is 9.21. The number of aromatic hydroxyl groups is 1. The molecule has 1 aliphatic carbocycles. The van der Waals surface area contributed by atoms with Crippen LogP contribution < -0.4 is 10.1 Å². The van der Waals surface area contributed by atoms with Crippen LogP contribution in [0.15, 0.2) is 35.7 Å². The van der Waals surface area contributed by atoms with E-state index in [1.807, 2.05) is 0 Å². The van der Waals surface area contributed by atoms with E-state index in [1.54, 1.807) is 13.0 Å². The van der Waals surface area contributed by atoms with Gasteiger partial charge in [0, 0.05) is 40.4 Å². The molecular weight excluding hydrogens is 370 g/mol. The second kappa shape index (κ2) is 7.64. The minimum Gasteiger partial charge on any atom is -0.504 e. The van der Waals surface area contributed by atoms with E-state index in [0.717, 1.165) is 12.1 Å². The molecule has 0 saturated carbocycles. The zero-order chi connectivity index (χ0) is 19.7. The summed E-state index contributed by atoms with van der Waals surface area (Å²) in [7, 11) is 1.42. The number of methoxy groups -OCH3 is 1. The van der Waals surface area contributed by atoms with Crippen LogP contribution in [0.25, 0.3) is 0 Å². The fourth-order valence-corrected chi connectivity index (χ4v) is 4.08. The summed E-state index contributed by atoms with van der Waals surface area (Å²) in [4.78, 5) is 25.5. The number of carbonyl (C=O) groups is 2. The van der Waals surface area contributed by atoms with Crippen molar-refractivity contribution in [2.24, 2.45) is 5.92 Å². The summed E-state index contributed by atoms with van der Waals surface area (Å²) in [5, 5.41) is 13.4. The molecule has 1 aliphatic heterocycles. The molecule has 0 amide bonds. The van der Waals surface area contributed by atoms with Crippen molar-refractivity contribution in [1.82, 2.24) is 5.32 Å². The van der Waals surface area contributed by atoms with Crippen LogP contribution in [0.5, 0.6) is 11.5 Å². The summed E-state index contributed by atoms with van der Waals surface area (Å²) in [6.07, 6.45) is 1.84. The quantitative estimate of drug-likeness (QED) is 0.765. The molecule has 0 spiro atoms. The smallest absolute Gasteiger partial charge is 0.315 e. The van der Waals surface area contributed by atoms with Crippen molar-refractivity contribution in [2.45, 2.75) is 32.1 Å². The topological polar surface area (TPSA) is 84.9 Å². The molecule has 2 N–H and O–H groups in total. The molecule has 2 unspecified atom stereocenters. The maximum absolute atomic E-state index is 12.8. The van der Waals surface area contributed by atoms with Crippen molar-refractivity contribution >= 4 is 23.4 Å². The van der Waals surface area contributed by atoms with Crippen LogP contribution in [-0.4, -0.2) is 30.6 Å². The summed E-state index contributed by atoms with van der Waals surface area (Å²) < 4.78 is 10.4. The third-order valence-electron chi connectivity index (χ3n) is 4.96. The number of ketones is 1. The number of carbonyl (C=O) groups excluding carboxylic acids is 2. The van der Waals surface area contributed by atoms with Gasteiger partial charge in [-0.1, -0.05) is 18.2 Å². The predicted octanol–water partition coefficient (Wildman–Crippen LogP) is 3.44. The van der Waals surface area contributed by atoms with E-state index < -0.39 is 17.8 Å². The zero-order valence-electron chi connectivity index (χ0n) is 15.3. The van der Waals surface area contributed by atoms with Crippen molar-refractivity contribution in [3.63, 3.8) is 0 Å². The molecule has 0 fully saturated rings. The van der Waals surface area contributed by atoms with Gasteiger partial charge in [0.05, 0.1) is 13.7 Å². The van der Waals surface area contributed by atoms with Gasteiger partial charge in [0.1, 0.15) is 5.92 Å². The molecule has 6 nitrogen and oxygen atoms in total. The Morgan fingerprint density at radius 3 is 2.81 bits per heavy atom. The highest BCUT2D eigenvalue weighted by Gasteiger charge is 2.44. The minimum atomic E-state index is -0.808. The standard InChI is InChI=1S/C20H22ClNO5/c1-4-27-20(25)17-10(2)22-13-6-5-7-14(23)19(13)18(17)11-8-16(26-3)15(24)9-12(11)21/h8-9,17-18,22,24H,2,4-7H2,1,3H3. The molecule has 1 aromatic carbocycles.